The zero-order valence-electron chi connectivity index (χ0n) is 11.0. The predicted octanol–water partition coefficient (Wildman–Crippen LogP) is 1.69. The minimum Gasteiger partial charge on any atom is -0.324 e. The lowest BCUT2D eigenvalue weighted by molar-refractivity contribution is -0.385. The van der Waals surface area contributed by atoms with E-state index in [1.165, 1.54) is 4.68 Å². The molecular formula is C12H13N5O3. The first-order valence-electron chi connectivity index (χ1n) is 5.90. The number of nitrogens with zero attached hydrogens (tertiary/aromatic N) is 4. The zero-order chi connectivity index (χ0) is 14.7. The summed E-state index contributed by atoms with van der Waals surface area (Å²) in [6.45, 7) is 3.18. The van der Waals surface area contributed by atoms with Crippen molar-refractivity contribution in [1.82, 2.24) is 14.8 Å². The molecule has 0 fully saturated rings. The quantitative estimate of drug-likeness (QED) is 0.675. The Bertz CT molecular complexity index is 638. The fraction of sp³-hybridized carbons (Fsp3) is 0.250. The lowest BCUT2D eigenvalue weighted by Gasteiger charge is -2.13. The van der Waals surface area contributed by atoms with E-state index >= 15 is 0 Å². The highest BCUT2D eigenvalue weighted by Crippen LogP contribution is 2.20. The molecule has 1 N–H and O–H groups in total. The van der Waals surface area contributed by atoms with Gasteiger partial charge in [0.05, 0.1) is 4.92 Å². The second-order valence-corrected chi connectivity index (χ2v) is 4.22. The molecule has 0 aliphatic carbocycles. The summed E-state index contributed by atoms with van der Waals surface area (Å²) in [4.78, 5) is 26.2. The van der Waals surface area contributed by atoms with Gasteiger partial charge < -0.3 is 5.32 Å². The van der Waals surface area contributed by atoms with E-state index in [2.05, 4.69) is 15.4 Å². The van der Waals surface area contributed by atoms with Crippen molar-refractivity contribution >= 4 is 17.3 Å². The maximum atomic E-state index is 12.1. The number of pyridine rings is 1. The van der Waals surface area contributed by atoms with Crippen molar-refractivity contribution in [3.05, 3.63) is 46.5 Å². The fourth-order valence-corrected chi connectivity index (χ4v) is 1.78. The number of aromatic nitrogens is 3. The molecule has 0 saturated heterocycles. The molecule has 0 aliphatic heterocycles. The molecule has 8 heteroatoms. The van der Waals surface area contributed by atoms with Crippen molar-refractivity contribution in [2.45, 2.75) is 19.9 Å². The summed E-state index contributed by atoms with van der Waals surface area (Å²) < 4.78 is 1.33. The highest BCUT2D eigenvalue weighted by molar-refractivity contribution is 5.93. The lowest BCUT2D eigenvalue weighted by atomic mass is 10.3. The third-order valence-corrected chi connectivity index (χ3v) is 2.91. The highest BCUT2D eigenvalue weighted by atomic mass is 16.6. The number of carbonyl (C=O) groups is 1. The Kier molecular flexibility index (Phi) is 3.74. The van der Waals surface area contributed by atoms with Gasteiger partial charge in [-0.15, -0.1) is 0 Å². The van der Waals surface area contributed by atoms with Gasteiger partial charge in [-0.05, 0) is 26.0 Å². The SMILES string of the molecule is Cc1c([N+](=O)[O-])cnn1C(C)C(=O)Nc1ccncc1. The number of anilines is 1. The largest absolute Gasteiger partial charge is 0.324 e. The molecule has 1 unspecified atom stereocenters. The smallest absolute Gasteiger partial charge is 0.309 e. The maximum Gasteiger partial charge on any atom is 0.309 e. The van der Waals surface area contributed by atoms with Crippen molar-refractivity contribution in [1.29, 1.82) is 0 Å². The van der Waals surface area contributed by atoms with Gasteiger partial charge in [-0.1, -0.05) is 0 Å². The Morgan fingerprint density at radius 1 is 1.45 bits per heavy atom. The molecule has 0 aromatic carbocycles. The fourth-order valence-electron chi connectivity index (χ4n) is 1.78. The van der Waals surface area contributed by atoms with Crippen molar-refractivity contribution in [3.8, 4) is 0 Å². The van der Waals surface area contributed by atoms with Crippen LogP contribution in [0, 0.1) is 17.0 Å². The van der Waals surface area contributed by atoms with E-state index in [0.717, 1.165) is 6.20 Å². The van der Waals surface area contributed by atoms with Gasteiger partial charge >= 0.3 is 5.69 Å². The molecule has 2 rings (SSSR count). The Morgan fingerprint density at radius 3 is 2.65 bits per heavy atom. The van der Waals surface area contributed by atoms with Gasteiger partial charge in [-0.25, -0.2) is 0 Å². The van der Waals surface area contributed by atoms with Crippen LogP contribution in [0.4, 0.5) is 11.4 Å². The number of hydrogen-bond donors (Lipinski definition) is 1. The summed E-state index contributed by atoms with van der Waals surface area (Å²) in [5, 5.41) is 17.4. The number of amides is 1. The van der Waals surface area contributed by atoms with Gasteiger partial charge in [-0.3, -0.25) is 24.6 Å². The summed E-state index contributed by atoms with van der Waals surface area (Å²) in [5.74, 6) is -0.308. The van der Waals surface area contributed by atoms with Crippen LogP contribution in [0.5, 0.6) is 0 Å². The summed E-state index contributed by atoms with van der Waals surface area (Å²) in [6, 6.07) is 2.66. The molecule has 0 spiro atoms. The average molecular weight is 275 g/mol. The van der Waals surface area contributed by atoms with E-state index in [1.807, 2.05) is 0 Å². The lowest BCUT2D eigenvalue weighted by Crippen LogP contribution is -2.25. The second-order valence-electron chi connectivity index (χ2n) is 4.22. The van der Waals surface area contributed by atoms with Gasteiger partial charge in [0.2, 0.25) is 5.91 Å². The topological polar surface area (TPSA) is 103 Å². The number of carbonyl (C=O) groups excluding carboxylic acids is 1. The van der Waals surface area contributed by atoms with Crippen LogP contribution in [0.15, 0.2) is 30.7 Å². The zero-order valence-corrected chi connectivity index (χ0v) is 11.0. The number of nitro groups is 1. The highest BCUT2D eigenvalue weighted by Gasteiger charge is 2.23. The molecule has 2 heterocycles. The van der Waals surface area contributed by atoms with Crippen LogP contribution < -0.4 is 5.32 Å². The predicted molar refractivity (Wildman–Crippen MR) is 71.2 cm³/mol. The summed E-state index contributed by atoms with van der Waals surface area (Å²) in [5.41, 5.74) is 0.845. The molecule has 1 atom stereocenters. The molecule has 104 valence electrons. The van der Waals surface area contributed by atoms with E-state index in [4.69, 9.17) is 0 Å². The van der Waals surface area contributed by atoms with E-state index in [-0.39, 0.29) is 11.6 Å². The summed E-state index contributed by atoms with van der Waals surface area (Å²) in [7, 11) is 0. The van der Waals surface area contributed by atoms with Crippen molar-refractivity contribution in [3.63, 3.8) is 0 Å². The first-order chi connectivity index (χ1) is 9.50. The van der Waals surface area contributed by atoms with Crippen molar-refractivity contribution in [2.75, 3.05) is 5.32 Å². The van der Waals surface area contributed by atoms with Crippen LogP contribution in [-0.2, 0) is 4.79 Å². The maximum absolute atomic E-state index is 12.1. The number of hydrogen-bond acceptors (Lipinski definition) is 5. The molecule has 1 amide bonds. The van der Waals surface area contributed by atoms with E-state index in [0.29, 0.717) is 11.4 Å². The normalized spacial score (nSPS) is 11.9. The molecule has 0 saturated carbocycles. The van der Waals surface area contributed by atoms with Gasteiger partial charge in [-0.2, -0.15) is 5.10 Å². The first-order valence-corrected chi connectivity index (χ1v) is 5.90. The van der Waals surface area contributed by atoms with Gasteiger partial charge in [0, 0.05) is 18.1 Å². The van der Waals surface area contributed by atoms with Crippen molar-refractivity contribution in [2.24, 2.45) is 0 Å². The monoisotopic (exact) mass is 275 g/mol. The third kappa shape index (κ3) is 2.63. The third-order valence-electron chi connectivity index (χ3n) is 2.91. The number of rotatable bonds is 4. The Morgan fingerprint density at radius 2 is 2.10 bits per heavy atom. The Labute approximate surface area is 114 Å². The van der Waals surface area contributed by atoms with E-state index in [1.54, 1.807) is 38.4 Å². The van der Waals surface area contributed by atoms with Gasteiger partial charge in [0.25, 0.3) is 0 Å². The van der Waals surface area contributed by atoms with Gasteiger partial charge in [0.15, 0.2) is 0 Å². The molecular weight excluding hydrogens is 262 g/mol. The molecule has 8 nitrogen and oxygen atoms in total. The standard InChI is InChI=1S/C12H13N5O3/c1-8-11(17(19)20)7-14-16(8)9(2)12(18)15-10-3-5-13-6-4-10/h3-7,9H,1-2H3,(H,13,15,18). The summed E-state index contributed by atoms with van der Waals surface area (Å²) >= 11 is 0. The van der Waals surface area contributed by atoms with Crippen LogP contribution in [0.25, 0.3) is 0 Å². The Balaban J connectivity index is 2.17. The van der Waals surface area contributed by atoms with Crippen LogP contribution in [0.3, 0.4) is 0 Å². The Hall–Kier alpha value is -2.77. The summed E-state index contributed by atoms with van der Waals surface area (Å²) in [6.07, 6.45) is 4.26. The van der Waals surface area contributed by atoms with E-state index in [9.17, 15) is 14.9 Å². The average Bonchev–Trinajstić information content (AvgIpc) is 2.81. The molecule has 2 aromatic rings. The second kappa shape index (κ2) is 5.47. The van der Waals surface area contributed by atoms with Crippen LogP contribution in [0.2, 0.25) is 0 Å². The number of nitrogens with one attached hydrogen (secondary N) is 1. The molecule has 2 aromatic heterocycles. The van der Waals surface area contributed by atoms with Crippen molar-refractivity contribution < 1.29 is 9.72 Å². The van der Waals surface area contributed by atoms with E-state index < -0.39 is 11.0 Å². The van der Waals surface area contributed by atoms with Crippen LogP contribution in [-0.4, -0.2) is 25.6 Å². The van der Waals surface area contributed by atoms with Gasteiger partial charge in [0.1, 0.15) is 17.9 Å². The molecule has 0 bridgehead atoms. The molecule has 0 radical (unpaired) electrons. The molecule has 20 heavy (non-hydrogen) atoms. The minimum absolute atomic E-state index is 0.103. The van der Waals surface area contributed by atoms with Crippen LogP contribution in [0.1, 0.15) is 18.7 Å². The minimum atomic E-state index is -0.656. The first kappa shape index (κ1) is 13.7. The van der Waals surface area contributed by atoms with Crippen LogP contribution >= 0.6 is 0 Å². The molecule has 0 aliphatic rings.